The van der Waals surface area contributed by atoms with E-state index in [9.17, 15) is 4.79 Å². The molecule has 1 aliphatic rings. The lowest BCUT2D eigenvalue weighted by Crippen LogP contribution is -2.16. The van der Waals surface area contributed by atoms with Crippen molar-refractivity contribution in [1.82, 2.24) is 0 Å². The molecule has 0 saturated heterocycles. The average molecular weight is 314 g/mol. The summed E-state index contributed by atoms with van der Waals surface area (Å²) in [6, 6.07) is 10.8. The van der Waals surface area contributed by atoms with Crippen molar-refractivity contribution in [2.24, 2.45) is 0 Å². The number of hydrogen-bond acceptors (Lipinski definition) is 5. The Morgan fingerprint density at radius 2 is 1.87 bits per heavy atom. The van der Waals surface area contributed by atoms with E-state index >= 15 is 0 Å². The van der Waals surface area contributed by atoms with Gasteiger partial charge in [-0.1, -0.05) is 12.1 Å². The van der Waals surface area contributed by atoms with Crippen LogP contribution in [0, 0.1) is 6.92 Å². The molecule has 0 spiro atoms. The summed E-state index contributed by atoms with van der Waals surface area (Å²) >= 11 is 0. The lowest BCUT2D eigenvalue weighted by Gasteiger charge is -2.18. The molecule has 120 valence electrons. The molecule has 23 heavy (non-hydrogen) atoms. The smallest absolute Gasteiger partial charge is 0.315 e. The maximum atomic E-state index is 12.1. The summed E-state index contributed by atoms with van der Waals surface area (Å²) in [5.41, 5.74) is 1.87. The number of aryl methyl sites for hydroxylation is 1. The van der Waals surface area contributed by atoms with Crippen LogP contribution in [0.15, 0.2) is 36.4 Å². The summed E-state index contributed by atoms with van der Waals surface area (Å²) in [5, 5.41) is 0. The molecule has 2 aromatic rings. The van der Waals surface area contributed by atoms with Gasteiger partial charge in [-0.05, 0) is 36.2 Å². The molecule has 0 aromatic heterocycles. The van der Waals surface area contributed by atoms with Crippen LogP contribution in [0.5, 0.6) is 23.0 Å². The molecule has 5 heteroatoms. The van der Waals surface area contributed by atoms with Crippen molar-refractivity contribution >= 4 is 5.97 Å². The van der Waals surface area contributed by atoms with Crippen molar-refractivity contribution in [2.45, 2.75) is 13.3 Å². The Morgan fingerprint density at radius 1 is 1.09 bits per heavy atom. The predicted octanol–water partition coefficient (Wildman–Crippen LogP) is 2.92. The zero-order chi connectivity index (χ0) is 16.2. The lowest BCUT2D eigenvalue weighted by atomic mass is 10.1. The fourth-order valence-electron chi connectivity index (χ4n) is 2.40. The number of ether oxygens (including phenoxy) is 4. The molecule has 3 rings (SSSR count). The van der Waals surface area contributed by atoms with Gasteiger partial charge in [0.1, 0.15) is 24.7 Å². The second kappa shape index (κ2) is 6.60. The van der Waals surface area contributed by atoms with Crippen LogP contribution in [0.25, 0.3) is 0 Å². The maximum Gasteiger partial charge on any atom is 0.315 e. The van der Waals surface area contributed by atoms with Gasteiger partial charge in [0.25, 0.3) is 0 Å². The van der Waals surface area contributed by atoms with Gasteiger partial charge in [-0.2, -0.15) is 0 Å². The lowest BCUT2D eigenvalue weighted by molar-refractivity contribution is -0.133. The first-order chi connectivity index (χ1) is 11.2. The van der Waals surface area contributed by atoms with E-state index in [0.29, 0.717) is 30.5 Å². The van der Waals surface area contributed by atoms with Crippen molar-refractivity contribution in [3.63, 3.8) is 0 Å². The molecule has 5 nitrogen and oxygen atoms in total. The quantitative estimate of drug-likeness (QED) is 0.641. The zero-order valence-electron chi connectivity index (χ0n) is 13.1. The van der Waals surface area contributed by atoms with Gasteiger partial charge in [0.05, 0.1) is 13.5 Å². The molecule has 0 atom stereocenters. The summed E-state index contributed by atoms with van der Waals surface area (Å²) in [5.74, 6) is 2.12. The molecule has 2 aromatic carbocycles. The van der Waals surface area contributed by atoms with Crippen LogP contribution in [0.2, 0.25) is 0 Å². The number of carbonyl (C=O) groups is 1. The molecule has 0 saturated carbocycles. The van der Waals surface area contributed by atoms with Gasteiger partial charge in [-0.25, -0.2) is 0 Å². The Kier molecular flexibility index (Phi) is 4.37. The molecule has 1 heterocycles. The maximum absolute atomic E-state index is 12.1. The van der Waals surface area contributed by atoms with E-state index < -0.39 is 0 Å². The van der Waals surface area contributed by atoms with E-state index in [0.717, 1.165) is 16.9 Å². The van der Waals surface area contributed by atoms with Crippen LogP contribution in [0.4, 0.5) is 0 Å². The highest BCUT2D eigenvalue weighted by Gasteiger charge is 2.14. The fraction of sp³-hybridized carbons (Fsp3) is 0.278. The highest BCUT2D eigenvalue weighted by Crippen LogP contribution is 2.33. The van der Waals surface area contributed by atoms with E-state index in [1.54, 1.807) is 25.3 Å². The Labute approximate surface area is 134 Å². The summed E-state index contributed by atoms with van der Waals surface area (Å²) < 4.78 is 21.5. The highest BCUT2D eigenvalue weighted by molar-refractivity contribution is 5.75. The largest absolute Gasteiger partial charge is 0.496 e. The third-order valence-electron chi connectivity index (χ3n) is 3.57. The van der Waals surface area contributed by atoms with Crippen molar-refractivity contribution in [3.8, 4) is 23.0 Å². The van der Waals surface area contributed by atoms with Crippen LogP contribution in [0.3, 0.4) is 0 Å². The second-order valence-electron chi connectivity index (χ2n) is 5.26. The molecule has 0 N–H and O–H groups in total. The molecule has 1 aliphatic heterocycles. The molecular formula is C18H18O5. The second-order valence-corrected chi connectivity index (χ2v) is 5.26. The van der Waals surface area contributed by atoms with Crippen molar-refractivity contribution < 1.29 is 23.7 Å². The first-order valence-electron chi connectivity index (χ1n) is 7.39. The standard InChI is InChI=1S/C18H18O5/c1-12-3-4-13(9-16(12)20-2)10-18(19)23-14-5-6-15-17(11-14)22-8-7-21-15/h3-6,9,11H,7-8,10H2,1-2H3. The van der Waals surface area contributed by atoms with E-state index in [2.05, 4.69) is 0 Å². The number of carbonyl (C=O) groups excluding carboxylic acids is 1. The van der Waals surface area contributed by atoms with Crippen molar-refractivity contribution in [2.75, 3.05) is 20.3 Å². The average Bonchev–Trinajstić information content (AvgIpc) is 2.56. The molecular weight excluding hydrogens is 296 g/mol. The summed E-state index contributed by atoms with van der Waals surface area (Å²) in [7, 11) is 1.61. The number of rotatable bonds is 4. The van der Waals surface area contributed by atoms with E-state index in [1.165, 1.54) is 0 Å². The number of hydrogen-bond donors (Lipinski definition) is 0. The molecule has 0 fully saturated rings. The minimum atomic E-state index is -0.340. The minimum absolute atomic E-state index is 0.172. The first kappa shape index (κ1) is 15.2. The van der Waals surface area contributed by atoms with E-state index in [1.807, 2.05) is 25.1 Å². The van der Waals surface area contributed by atoms with Crippen LogP contribution in [-0.2, 0) is 11.2 Å². The van der Waals surface area contributed by atoms with Gasteiger partial charge in [0, 0.05) is 6.07 Å². The molecule has 0 bridgehead atoms. The number of methoxy groups -OCH3 is 1. The molecule has 0 radical (unpaired) electrons. The summed E-state index contributed by atoms with van der Waals surface area (Å²) in [4.78, 5) is 12.1. The molecule has 0 unspecified atom stereocenters. The minimum Gasteiger partial charge on any atom is -0.496 e. The SMILES string of the molecule is COc1cc(CC(=O)Oc2ccc3c(c2)OCCO3)ccc1C. The summed E-state index contributed by atoms with van der Waals surface area (Å²) in [6.45, 7) is 2.98. The normalized spacial score (nSPS) is 12.6. The van der Waals surface area contributed by atoms with Crippen molar-refractivity contribution in [3.05, 3.63) is 47.5 Å². The van der Waals surface area contributed by atoms with Gasteiger partial charge in [-0.15, -0.1) is 0 Å². The first-order valence-corrected chi connectivity index (χ1v) is 7.39. The van der Waals surface area contributed by atoms with Gasteiger partial charge in [-0.3, -0.25) is 4.79 Å². The molecule has 0 aliphatic carbocycles. The van der Waals surface area contributed by atoms with E-state index in [4.69, 9.17) is 18.9 Å². The van der Waals surface area contributed by atoms with Crippen molar-refractivity contribution in [1.29, 1.82) is 0 Å². The van der Waals surface area contributed by atoms with Gasteiger partial charge in [0.2, 0.25) is 0 Å². The van der Waals surface area contributed by atoms with Gasteiger partial charge < -0.3 is 18.9 Å². The highest BCUT2D eigenvalue weighted by atomic mass is 16.6. The van der Waals surface area contributed by atoms with Crippen LogP contribution in [0.1, 0.15) is 11.1 Å². The van der Waals surface area contributed by atoms with Crippen LogP contribution < -0.4 is 18.9 Å². The Morgan fingerprint density at radius 3 is 2.65 bits per heavy atom. The Balaban J connectivity index is 1.67. The monoisotopic (exact) mass is 314 g/mol. The zero-order valence-corrected chi connectivity index (χ0v) is 13.1. The van der Waals surface area contributed by atoms with Crippen LogP contribution in [-0.4, -0.2) is 26.3 Å². The molecule has 0 amide bonds. The fourth-order valence-corrected chi connectivity index (χ4v) is 2.40. The Bertz CT molecular complexity index is 723. The number of esters is 1. The van der Waals surface area contributed by atoms with Gasteiger partial charge in [0.15, 0.2) is 11.5 Å². The predicted molar refractivity (Wildman–Crippen MR) is 84.5 cm³/mol. The summed E-state index contributed by atoms with van der Waals surface area (Å²) in [6.07, 6.45) is 0.172. The third-order valence-corrected chi connectivity index (χ3v) is 3.57. The van der Waals surface area contributed by atoms with E-state index in [-0.39, 0.29) is 12.4 Å². The number of fused-ring (bicyclic) bond motifs is 1. The number of benzene rings is 2. The Hall–Kier alpha value is -2.69. The third kappa shape index (κ3) is 3.56. The van der Waals surface area contributed by atoms with Gasteiger partial charge >= 0.3 is 5.97 Å². The topological polar surface area (TPSA) is 54.0 Å². The van der Waals surface area contributed by atoms with Crippen LogP contribution >= 0.6 is 0 Å².